The molecule has 0 radical (unpaired) electrons. The quantitative estimate of drug-likeness (QED) is 0.733. The number of hydrogen-bond acceptors (Lipinski definition) is 4. The van der Waals surface area contributed by atoms with Crippen molar-refractivity contribution in [2.24, 2.45) is 5.14 Å². The Morgan fingerprint density at radius 3 is 2.57 bits per heavy atom. The topological polar surface area (TPSA) is 114 Å². The van der Waals surface area contributed by atoms with Crippen molar-refractivity contribution in [2.45, 2.75) is 0 Å². The van der Waals surface area contributed by atoms with Gasteiger partial charge in [0.1, 0.15) is 0 Å². The smallest absolute Gasteiger partial charge is 0.296 e. The molecule has 0 spiro atoms. The molecule has 1 amide bonds. The molecule has 2 rings (SSSR count). The van der Waals surface area contributed by atoms with Crippen LogP contribution >= 0.6 is 0 Å². The number of benzene rings is 1. The fraction of sp³-hybridized carbons (Fsp3) is 0. The molecule has 0 bridgehead atoms. The lowest BCUT2D eigenvalue weighted by atomic mass is 10.2. The maximum atomic E-state index is 12.9. The van der Waals surface area contributed by atoms with Crippen LogP contribution in [0.2, 0.25) is 0 Å². The number of nitrogens with one attached hydrogen (secondary N) is 2. The number of aromatic nitrogens is 1. The minimum Gasteiger partial charge on any atom is -0.322 e. The molecule has 0 fully saturated rings. The summed E-state index contributed by atoms with van der Waals surface area (Å²) in [6, 6.07) is 8.25. The fourth-order valence-corrected chi connectivity index (χ4v) is 2.03. The average molecular weight is 310 g/mol. The van der Waals surface area contributed by atoms with Crippen LogP contribution in [0, 0.1) is 5.95 Å². The van der Waals surface area contributed by atoms with Gasteiger partial charge in [-0.25, -0.2) is 10.1 Å². The van der Waals surface area contributed by atoms with Gasteiger partial charge in [-0.2, -0.15) is 12.8 Å². The lowest BCUT2D eigenvalue weighted by molar-refractivity contribution is 0.102. The molecule has 21 heavy (non-hydrogen) atoms. The summed E-state index contributed by atoms with van der Waals surface area (Å²) in [6.07, 6.45) is 1.17. The van der Waals surface area contributed by atoms with Gasteiger partial charge in [0.25, 0.3) is 16.1 Å². The zero-order valence-corrected chi connectivity index (χ0v) is 11.4. The first-order valence-corrected chi connectivity index (χ1v) is 7.22. The fourth-order valence-electron chi connectivity index (χ4n) is 1.57. The van der Waals surface area contributed by atoms with Crippen molar-refractivity contribution < 1.29 is 17.6 Å². The summed E-state index contributed by atoms with van der Waals surface area (Å²) in [6.45, 7) is 0. The normalized spacial score (nSPS) is 11.0. The molecule has 0 atom stereocenters. The highest BCUT2D eigenvalue weighted by Crippen LogP contribution is 2.16. The van der Waals surface area contributed by atoms with Crippen molar-refractivity contribution in [1.29, 1.82) is 0 Å². The number of nitrogens with two attached hydrogens (primary N) is 1. The van der Waals surface area contributed by atoms with E-state index in [2.05, 4.69) is 15.0 Å². The molecule has 9 heteroatoms. The van der Waals surface area contributed by atoms with Crippen molar-refractivity contribution in [2.75, 3.05) is 10.0 Å². The highest BCUT2D eigenvalue weighted by atomic mass is 32.2. The van der Waals surface area contributed by atoms with E-state index in [9.17, 15) is 17.6 Å². The van der Waals surface area contributed by atoms with Gasteiger partial charge in [0.05, 0.1) is 5.69 Å². The van der Waals surface area contributed by atoms with Crippen LogP contribution in [0.3, 0.4) is 0 Å². The predicted octanol–water partition coefficient (Wildman–Crippen LogP) is 1.09. The molecule has 1 heterocycles. The third kappa shape index (κ3) is 4.51. The van der Waals surface area contributed by atoms with E-state index >= 15 is 0 Å². The number of amides is 1. The van der Waals surface area contributed by atoms with E-state index in [0.29, 0.717) is 5.69 Å². The van der Waals surface area contributed by atoms with Gasteiger partial charge in [-0.05, 0) is 24.3 Å². The largest absolute Gasteiger partial charge is 0.322 e. The first-order valence-electron chi connectivity index (χ1n) is 5.67. The molecule has 0 aliphatic heterocycles. The minimum atomic E-state index is -3.90. The summed E-state index contributed by atoms with van der Waals surface area (Å²) < 4.78 is 36.9. The molecule has 0 aliphatic rings. The van der Waals surface area contributed by atoms with E-state index in [1.165, 1.54) is 30.5 Å². The number of carbonyl (C=O) groups is 1. The molecule has 2 aromatic rings. The Balaban J connectivity index is 2.16. The first kappa shape index (κ1) is 14.9. The molecule has 7 nitrogen and oxygen atoms in total. The zero-order chi connectivity index (χ0) is 15.5. The highest BCUT2D eigenvalue weighted by molar-refractivity contribution is 7.90. The number of nitrogens with zero attached hydrogens (tertiary/aromatic N) is 1. The molecule has 0 saturated carbocycles. The van der Waals surface area contributed by atoms with E-state index in [-0.39, 0.29) is 11.3 Å². The van der Waals surface area contributed by atoms with Gasteiger partial charge in [0.2, 0.25) is 5.95 Å². The molecule has 1 aromatic heterocycles. The van der Waals surface area contributed by atoms with Gasteiger partial charge >= 0.3 is 0 Å². The maximum absolute atomic E-state index is 12.9. The van der Waals surface area contributed by atoms with Gasteiger partial charge in [-0.1, -0.05) is 6.07 Å². The van der Waals surface area contributed by atoms with Gasteiger partial charge in [-0.3, -0.25) is 9.52 Å². The van der Waals surface area contributed by atoms with Crippen molar-refractivity contribution in [3.63, 3.8) is 0 Å². The SMILES string of the molecule is NS(=O)(=O)Nc1cccc(NC(=O)c2ccnc(F)c2)c1. The second-order valence-corrected chi connectivity index (χ2v) is 5.34. The third-order valence-electron chi connectivity index (χ3n) is 2.37. The number of halogens is 1. The van der Waals surface area contributed by atoms with Crippen LogP contribution in [0.1, 0.15) is 10.4 Å². The van der Waals surface area contributed by atoms with Crippen LogP contribution in [-0.4, -0.2) is 19.3 Å². The molecular weight excluding hydrogens is 299 g/mol. The highest BCUT2D eigenvalue weighted by Gasteiger charge is 2.08. The zero-order valence-electron chi connectivity index (χ0n) is 10.6. The van der Waals surface area contributed by atoms with Crippen LogP contribution in [-0.2, 0) is 10.2 Å². The number of anilines is 2. The first-order chi connectivity index (χ1) is 9.83. The minimum absolute atomic E-state index is 0.0901. The molecule has 1 aromatic carbocycles. The molecule has 4 N–H and O–H groups in total. The maximum Gasteiger partial charge on any atom is 0.296 e. The van der Waals surface area contributed by atoms with Crippen molar-refractivity contribution >= 4 is 27.5 Å². The van der Waals surface area contributed by atoms with Crippen LogP contribution in [0.5, 0.6) is 0 Å². The Hall–Kier alpha value is -2.52. The Kier molecular flexibility index (Phi) is 4.15. The Labute approximate surface area is 120 Å². The number of carbonyl (C=O) groups excluding carboxylic acids is 1. The number of hydrogen-bond donors (Lipinski definition) is 3. The summed E-state index contributed by atoms with van der Waals surface area (Å²) in [5.74, 6) is -1.32. The van der Waals surface area contributed by atoms with Crippen LogP contribution < -0.4 is 15.2 Å². The Bertz CT molecular complexity index is 780. The molecule has 110 valence electrons. The lowest BCUT2D eigenvalue weighted by Gasteiger charge is -2.08. The van der Waals surface area contributed by atoms with Crippen molar-refractivity contribution in [3.8, 4) is 0 Å². The second kappa shape index (κ2) is 5.85. The Morgan fingerprint density at radius 2 is 1.90 bits per heavy atom. The predicted molar refractivity (Wildman–Crippen MR) is 75.3 cm³/mol. The van der Waals surface area contributed by atoms with E-state index in [4.69, 9.17) is 5.14 Å². The van der Waals surface area contributed by atoms with Crippen LogP contribution in [0.4, 0.5) is 15.8 Å². The summed E-state index contributed by atoms with van der Waals surface area (Å²) in [4.78, 5) is 15.2. The number of pyridine rings is 1. The standard InChI is InChI=1S/C12H11FN4O3S/c13-11-6-8(4-5-15-11)12(18)16-9-2-1-3-10(7-9)17-21(14,19)20/h1-7,17H,(H,16,18)(H2,14,19,20). The van der Waals surface area contributed by atoms with Gasteiger partial charge in [-0.15, -0.1) is 0 Å². The monoisotopic (exact) mass is 310 g/mol. The molecular formula is C12H11FN4O3S. The summed E-state index contributed by atoms with van der Waals surface area (Å²) in [5, 5.41) is 7.35. The van der Waals surface area contributed by atoms with Crippen molar-refractivity contribution in [1.82, 2.24) is 4.98 Å². The molecule has 0 unspecified atom stereocenters. The van der Waals surface area contributed by atoms with E-state index < -0.39 is 22.1 Å². The van der Waals surface area contributed by atoms with E-state index in [1.54, 1.807) is 6.07 Å². The number of rotatable bonds is 4. The van der Waals surface area contributed by atoms with Crippen LogP contribution in [0.15, 0.2) is 42.6 Å². The van der Waals surface area contributed by atoms with Gasteiger partial charge < -0.3 is 5.32 Å². The average Bonchev–Trinajstić information content (AvgIpc) is 2.37. The summed E-state index contributed by atoms with van der Waals surface area (Å²) in [7, 11) is -3.90. The summed E-state index contributed by atoms with van der Waals surface area (Å²) >= 11 is 0. The van der Waals surface area contributed by atoms with Crippen LogP contribution in [0.25, 0.3) is 0 Å². The third-order valence-corrected chi connectivity index (χ3v) is 2.89. The van der Waals surface area contributed by atoms with E-state index in [1.807, 2.05) is 0 Å². The molecule has 0 aliphatic carbocycles. The Morgan fingerprint density at radius 1 is 1.19 bits per heavy atom. The molecule has 0 saturated heterocycles. The van der Waals surface area contributed by atoms with Gasteiger partial charge in [0, 0.05) is 23.5 Å². The lowest BCUT2D eigenvalue weighted by Crippen LogP contribution is -2.21. The van der Waals surface area contributed by atoms with Gasteiger partial charge in [0.15, 0.2) is 0 Å². The summed E-state index contributed by atoms with van der Waals surface area (Å²) in [5.41, 5.74) is 0.606. The second-order valence-electron chi connectivity index (χ2n) is 4.05. The van der Waals surface area contributed by atoms with Crippen molar-refractivity contribution in [3.05, 3.63) is 54.1 Å². The van der Waals surface area contributed by atoms with E-state index in [0.717, 1.165) is 6.07 Å².